The number of methoxy groups -OCH3 is 2. The van der Waals surface area contributed by atoms with Gasteiger partial charge < -0.3 is 9.47 Å². The van der Waals surface area contributed by atoms with Crippen LogP contribution in [0.5, 0.6) is 11.5 Å². The largest absolute Gasteiger partial charge is 0.496 e. The average molecular weight is 244 g/mol. The fourth-order valence-electron chi connectivity index (χ4n) is 2.17. The van der Waals surface area contributed by atoms with E-state index in [4.69, 9.17) is 9.47 Å². The van der Waals surface area contributed by atoms with E-state index in [-0.39, 0.29) is 5.78 Å². The summed E-state index contributed by atoms with van der Waals surface area (Å²) in [6.45, 7) is 1.58. The molecule has 0 aliphatic heterocycles. The van der Waals surface area contributed by atoms with Gasteiger partial charge in [-0.3, -0.25) is 4.79 Å². The topological polar surface area (TPSA) is 35.5 Å². The lowest BCUT2D eigenvalue weighted by molar-refractivity contribution is -0.116. The molecule has 0 aliphatic rings. The van der Waals surface area contributed by atoms with Crippen LogP contribution in [0.1, 0.15) is 12.5 Å². The van der Waals surface area contributed by atoms with Crippen LogP contribution < -0.4 is 9.47 Å². The number of fused-ring (bicyclic) bond motifs is 1. The first-order chi connectivity index (χ1) is 8.67. The molecule has 0 unspecified atom stereocenters. The number of Topliss-reactive ketones (excluding diaryl/α,β-unsaturated/α-hetero) is 1. The third kappa shape index (κ3) is 2.16. The highest BCUT2D eigenvalue weighted by atomic mass is 16.5. The molecule has 0 radical (unpaired) electrons. The van der Waals surface area contributed by atoms with Crippen molar-refractivity contribution in [3.63, 3.8) is 0 Å². The number of rotatable bonds is 4. The SMILES string of the molecule is COc1cccc2c(OC)c(CC(C)=O)ccc12. The molecule has 3 nitrogen and oxygen atoms in total. The molecule has 2 aromatic carbocycles. The second-order valence-electron chi connectivity index (χ2n) is 4.19. The van der Waals surface area contributed by atoms with Crippen LogP contribution in [-0.2, 0) is 11.2 Å². The fraction of sp³-hybridized carbons (Fsp3) is 0.267. The molecule has 0 amide bonds. The van der Waals surface area contributed by atoms with Gasteiger partial charge in [0.25, 0.3) is 0 Å². The van der Waals surface area contributed by atoms with Gasteiger partial charge in [0, 0.05) is 22.8 Å². The molecule has 0 aromatic heterocycles. The summed E-state index contributed by atoms with van der Waals surface area (Å²) in [6, 6.07) is 9.69. The zero-order chi connectivity index (χ0) is 13.1. The van der Waals surface area contributed by atoms with Crippen LogP contribution in [0.15, 0.2) is 30.3 Å². The molecule has 0 atom stereocenters. The van der Waals surface area contributed by atoms with Gasteiger partial charge in [0.1, 0.15) is 17.3 Å². The average Bonchev–Trinajstić information content (AvgIpc) is 2.37. The van der Waals surface area contributed by atoms with Crippen molar-refractivity contribution >= 4 is 16.6 Å². The van der Waals surface area contributed by atoms with Crippen LogP contribution in [-0.4, -0.2) is 20.0 Å². The second kappa shape index (κ2) is 5.08. The van der Waals surface area contributed by atoms with E-state index >= 15 is 0 Å². The summed E-state index contributed by atoms with van der Waals surface area (Å²) in [5, 5.41) is 1.96. The Kier molecular flexibility index (Phi) is 3.51. The van der Waals surface area contributed by atoms with Crippen LogP contribution in [0.3, 0.4) is 0 Å². The van der Waals surface area contributed by atoms with E-state index in [1.165, 1.54) is 0 Å². The normalized spacial score (nSPS) is 10.4. The van der Waals surface area contributed by atoms with Gasteiger partial charge in [0.15, 0.2) is 0 Å². The molecule has 3 heteroatoms. The maximum absolute atomic E-state index is 11.3. The van der Waals surface area contributed by atoms with Gasteiger partial charge in [-0.25, -0.2) is 0 Å². The van der Waals surface area contributed by atoms with E-state index in [2.05, 4.69) is 0 Å². The monoisotopic (exact) mass is 244 g/mol. The van der Waals surface area contributed by atoms with Gasteiger partial charge in [0.05, 0.1) is 14.2 Å². The van der Waals surface area contributed by atoms with E-state index in [9.17, 15) is 4.79 Å². The van der Waals surface area contributed by atoms with Crippen LogP contribution in [0, 0.1) is 0 Å². The predicted molar refractivity (Wildman–Crippen MR) is 71.4 cm³/mol. The highest BCUT2D eigenvalue weighted by Gasteiger charge is 2.12. The first kappa shape index (κ1) is 12.4. The third-order valence-corrected chi connectivity index (χ3v) is 2.92. The summed E-state index contributed by atoms with van der Waals surface area (Å²) in [6.07, 6.45) is 0.385. The van der Waals surface area contributed by atoms with Crippen molar-refractivity contribution in [1.82, 2.24) is 0 Å². The first-order valence-electron chi connectivity index (χ1n) is 5.79. The van der Waals surface area contributed by atoms with Gasteiger partial charge >= 0.3 is 0 Å². The lowest BCUT2D eigenvalue weighted by atomic mass is 10.0. The first-order valence-corrected chi connectivity index (χ1v) is 5.79. The number of benzene rings is 2. The Morgan fingerprint density at radius 3 is 2.44 bits per heavy atom. The minimum atomic E-state index is 0.121. The molecule has 0 saturated carbocycles. The highest BCUT2D eigenvalue weighted by molar-refractivity contribution is 5.95. The lowest BCUT2D eigenvalue weighted by Gasteiger charge is -2.12. The Labute approximate surface area is 106 Å². The molecule has 0 bridgehead atoms. The summed E-state index contributed by atoms with van der Waals surface area (Å²) in [5.41, 5.74) is 0.908. The molecular weight excluding hydrogens is 228 g/mol. The zero-order valence-electron chi connectivity index (χ0n) is 10.8. The number of ether oxygens (including phenoxy) is 2. The van der Waals surface area contributed by atoms with Gasteiger partial charge in [0.2, 0.25) is 0 Å². The van der Waals surface area contributed by atoms with Gasteiger partial charge in [-0.15, -0.1) is 0 Å². The van der Waals surface area contributed by atoms with Crippen molar-refractivity contribution in [2.24, 2.45) is 0 Å². The molecule has 2 aromatic rings. The summed E-state index contributed by atoms with van der Waals surface area (Å²) in [5.74, 6) is 1.68. The Bertz CT molecular complexity index is 588. The molecule has 94 valence electrons. The number of ketones is 1. The van der Waals surface area contributed by atoms with Crippen molar-refractivity contribution in [3.8, 4) is 11.5 Å². The third-order valence-electron chi connectivity index (χ3n) is 2.92. The van der Waals surface area contributed by atoms with Gasteiger partial charge in [-0.1, -0.05) is 24.3 Å². The molecule has 2 rings (SSSR count). The lowest BCUT2D eigenvalue weighted by Crippen LogP contribution is -2.00. The maximum atomic E-state index is 11.3. The zero-order valence-corrected chi connectivity index (χ0v) is 10.8. The van der Waals surface area contributed by atoms with E-state index in [0.717, 1.165) is 27.8 Å². The van der Waals surface area contributed by atoms with Gasteiger partial charge in [-0.2, -0.15) is 0 Å². The van der Waals surface area contributed by atoms with E-state index in [0.29, 0.717) is 6.42 Å². The van der Waals surface area contributed by atoms with Crippen LogP contribution in [0.25, 0.3) is 10.8 Å². The number of hydrogen-bond donors (Lipinski definition) is 0. The van der Waals surface area contributed by atoms with Crippen LogP contribution >= 0.6 is 0 Å². The smallest absolute Gasteiger partial charge is 0.134 e. The fourth-order valence-corrected chi connectivity index (χ4v) is 2.17. The van der Waals surface area contributed by atoms with E-state index in [1.54, 1.807) is 21.1 Å². The van der Waals surface area contributed by atoms with E-state index in [1.807, 2.05) is 30.3 Å². The Hall–Kier alpha value is -2.03. The molecule has 0 aliphatic carbocycles. The molecule has 0 heterocycles. The summed E-state index contributed by atoms with van der Waals surface area (Å²) < 4.78 is 10.8. The van der Waals surface area contributed by atoms with Crippen molar-refractivity contribution in [2.75, 3.05) is 14.2 Å². The molecule has 18 heavy (non-hydrogen) atoms. The number of hydrogen-bond acceptors (Lipinski definition) is 3. The Morgan fingerprint density at radius 1 is 1.06 bits per heavy atom. The predicted octanol–water partition coefficient (Wildman–Crippen LogP) is 2.99. The molecule has 0 spiro atoms. The minimum absolute atomic E-state index is 0.121. The molecule has 0 fully saturated rings. The molecule has 0 saturated heterocycles. The Balaban J connectivity index is 2.68. The van der Waals surface area contributed by atoms with Crippen molar-refractivity contribution in [3.05, 3.63) is 35.9 Å². The molecular formula is C15H16O3. The van der Waals surface area contributed by atoms with Gasteiger partial charge in [-0.05, 0) is 13.0 Å². The van der Waals surface area contributed by atoms with Crippen LogP contribution in [0.4, 0.5) is 0 Å². The Morgan fingerprint density at radius 2 is 1.83 bits per heavy atom. The standard InChI is InChI=1S/C15H16O3/c1-10(16)9-11-7-8-12-13(15(11)18-3)5-4-6-14(12)17-2/h4-8H,9H2,1-3H3. The van der Waals surface area contributed by atoms with Crippen LogP contribution in [0.2, 0.25) is 0 Å². The quantitative estimate of drug-likeness (QED) is 0.829. The highest BCUT2D eigenvalue weighted by Crippen LogP contribution is 2.35. The number of carbonyl (C=O) groups is 1. The maximum Gasteiger partial charge on any atom is 0.134 e. The van der Waals surface area contributed by atoms with Crippen molar-refractivity contribution < 1.29 is 14.3 Å². The van der Waals surface area contributed by atoms with Crippen molar-refractivity contribution in [1.29, 1.82) is 0 Å². The minimum Gasteiger partial charge on any atom is -0.496 e. The summed E-state index contributed by atoms with van der Waals surface area (Å²) in [4.78, 5) is 11.3. The second-order valence-corrected chi connectivity index (χ2v) is 4.19. The number of carbonyl (C=O) groups excluding carboxylic acids is 1. The summed E-state index contributed by atoms with van der Waals surface area (Å²) >= 11 is 0. The molecule has 0 N–H and O–H groups in total. The van der Waals surface area contributed by atoms with E-state index < -0.39 is 0 Å². The summed E-state index contributed by atoms with van der Waals surface area (Å²) in [7, 11) is 3.27. The van der Waals surface area contributed by atoms with Crippen molar-refractivity contribution in [2.45, 2.75) is 13.3 Å².